The lowest BCUT2D eigenvalue weighted by atomic mass is 9.60. The zero-order chi connectivity index (χ0) is 53.8. The van der Waals surface area contributed by atoms with E-state index in [4.69, 9.17) is 19.9 Å². The van der Waals surface area contributed by atoms with Crippen molar-refractivity contribution in [1.29, 1.82) is 0 Å². The number of benzene rings is 11. The van der Waals surface area contributed by atoms with Gasteiger partial charge in [0.2, 0.25) is 0 Å². The van der Waals surface area contributed by atoms with Gasteiger partial charge < -0.3 is 9.13 Å². The first-order valence-corrected chi connectivity index (χ1v) is 28.1. The monoisotopic (exact) mass is 1040 g/mol. The van der Waals surface area contributed by atoms with Crippen molar-refractivity contribution in [2.75, 3.05) is 0 Å². The number of fused-ring (bicyclic) bond motifs is 6. The van der Waals surface area contributed by atoms with Crippen LogP contribution in [0.25, 0.3) is 123 Å². The van der Waals surface area contributed by atoms with Crippen LogP contribution < -0.4 is 0 Å². The molecule has 18 rings (SSSR count). The molecule has 0 amide bonds. The Morgan fingerprint density at radius 2 is 0.598 bits per heavy atom. The van der Waals surface area contributed by atoms with Crippen LogP contribution in [0.1, 0.15) is 45.2 Å². The second-order valence-electron chi connectivity index (χ2n) is 21.6. The van der Waals surface area contributed by atoms with Crippen LogP contribution in [0.15, 0.2) is 279 Å². The summed E-state index contributed by atoms with van der Waals surface area (Å²) in [6.45, 7) is 0. The van der Waals surface area contributed by atoms with Crippen molar-refractivity contribution >= 4 is 43.6 Å². The zero-order valence-corrected chi connectivity index (χ0v) is 44.4. The lowest BCUT2D eigenvalue weighted by Crippen LogP contribution is -2.27. The van der Waals surface area contributed by atoms with Gasteiger partial charge in [-0.05, 0) is 106 Å². The minimum Gasteiger partial charge on any atom is -0.309 e. The largest absolute Gasteiger partial charge is 0.309 e. The molecule has 0 radical (unpaired) electrons. The Balaban J connectivity index is 0.811. The molecule has 4 aromatic heterocycles. The van der Waals surface area contributed by atoms with E-state index in [9.17, 15) is 0 Å². The quantitative estimate of drug-likeness (QED) is 0.152. The van der Waals surface area contributed by atoms with Crippen molar-refractivity contribution in [3.8, 4) is 79.2 Å². The highest BCUT2D eigenvalue weighted by atomic mass is 15.0. The minimum absolute atomic E-state index is 0.0216. The Morgan fingerprint density at radius 1 is 0.244 bits per heavy atom. The summed E-state index contributed by atoms with van der Waals surface area (Å²) in [4.78, 5) is 21.6. The van der Waals surface area contributed by atoms with E-state index in [0.717, 1.165) is 89.6 Å². The van der Waals surface area contributed by atoms with E-state index < -0.39 is 0 Å². The highest BCUT2D eigenvalue weighted by molar-refractivity contribution is 6.17. The molecule has 3 aliphatic rings. The van der Waals surface area contributed by atoms with Crippen LogP contribution in [-0.2, 0) is 0 Å². The van der Waals surface area contributed by atoms with Gasteiger partial charge in [-0.25, -0.2) is 19.9 Å². The van der Waals surface area contributed by atoms with Gasteiger partial charge in [-0.3, -0.25) is 0 Å². The normalized spacial score (nSPS) is 14.1. The number of hydrogen-bond donors (Lipinski definition) is 0. The Hall–Kier alpha value is -10.8. The minimum atomic E-state index is 0.0216. The maximum Gasteiger partial charge on any atom is 0.160 e. The van der Waals surface area contributed by atoms with Crippen LogP contribution in [-0.4, -0.2) is 29.1 Å². The van der Waals surface area contributed by atoms with Crippen molar-refractivity contribution in [2.45, 2.75) is 11.8 Å². The Morgan fingerprint density at radius 3 is 1.04 bits per heavy atom. The maximum atomic E-state index is 5.41. The number of aromatic nitrogens is 6. The molecule has 2 unspecified atom stereocenters. The van der Waals surface area contributed by atoms with Crippen LogP contribution in [0.4, 0.5) is 0 Å². The van der Waals surface area contributed by atoms with Crippen molar-refractivity contribution in [2.24, 2.45) is 0 Å². The van der Waals surface area contributed by atoms with E-state index in [-0.39, 0.29) is 11.8 Å². The molecule has 3 aliphatic carbocycles. The smallest absolute Gasteiger partial charge is 0.160 e. The van der Waals surface area contributed by atoms with Gasteiger partial charge in [0.05, 0.1) is 44.8 Å². The van der Waals surface area contributed by atoms with Gasteiger partial charge in [-0.15, -0.1) is 0 Å². The molecule has 0 spiro atoms. The summed E-state index contributed by atoms with van der Waals surface area (Å²) >= 11 is 0. The predicted molar refractivity (Wildman–Crippen MR) is 334 cm³/mol. The third-order valence-corrected chi connectivity index (χ3v) is 17.1. The van der Waals surface area contributed by atoms with Gasteiger partial charge in [0.25, 0.3) is 0 Å². The number of para-hydroxylation sites is 4. The van der Waals surface area contributed by atoms with Gasteiger partial charge in [0, 0.05) is 78.1 Å². The molecular formula is C76H48N6. The third-order valence-electron chi connectivity index (χ3n) is 17.1. The molecule has 0 saturated heterocycles. The third kappa shape index (κ3) is 7.14. The number of nitrogens with zero attached hydrogens (tertiary/aromatic N) is 6. The van der Waals surface area contributed by atoms with E-state index in [2.05, 4.69) is 276 Å². The molecule has 382 valence electrons. The SMILES string of the molecule is c1ccc(-c2nc(-c3ccc4c(c3)C3c5ccccc5C4c4cc(-c5cc(-c6cccc7c6c6ccccc6n7-c6ccccc6)nc(-c6ccccc6)n5)ccc43)cc(-c3cccc4c3c3ccccc3n4-c3ccccc3)n2)cc1. The maximum absolute atomic E-state index is 5.41. The summed E-state index contributed by atoms with van der Waals surface area (Å²) in [6.07, 6.45) is 0. The summed E-state index contributed by atoms with van der Waals surface area (Å²) in [5, 5.41) is 4.70. The van der Waals surface area contributed by atoms with Gasteiger partial charge in [0.1, 0.15) is 0 Å². The van der Waals surface area contributed by atoms with Crippen LogP contribution in [0.2, 0.25) is 0 Å². The summed E-state index contributed by atoms with van der Waals surface area (Å²) < 4.78 is 4.74. The topological polar surface area (TPSA) is 61.4 Å². The molecule has 0 saturated carbocycles. The fraction of sp³-hybridized carbons (Fsp3) is 0.0263. The predicted octanol–water partition coefficient (Wildman–Crippen LogP) is 18.4. The summed E-state index contributed by atoms with van der Waals surface area (Å²) in [7, 11) is 0. The van der Waals surface area contributed by atoms with Crippen LogP contribution >= 0.6 is 0 Å². The van der Waals surface area contributed by atoms with E-state index in [0.29, 0.717) is 11.6 Å². The van der Waals surface area contributed by atoms with Crippen molar-refractivity contribution in [3.05, 3.63) is 312 Å². The molecule has 2 bridgehead atoms. The van der Waals surface area contributed by atoms with Crippen molar-refractivity contribution in [1.82, 2.24) is 29.1 Å². The van der Waals surface area contributed by atoms with E-state index in [1.165, 1.54) is 54.9 Å². The standard InChI is InChI=1S/C76H48N6/c1-5-21-47(22-6-1)75-77-63(45-65(79-75)57-33-19-37-69-73(57)59-31-15-17-35-67(59)81(69)51-25-9-3-10-26-51)49-39-41-55-61(43-49)71-53-29-13-14-30-54(53)72(55)62-44-50(40-42-56(62)71)64-46-66(80-76(78-64)48-23-7-2-8-24-48)58-34-20-38-70-74(58)60-32-16-18-36-68(60)82(70)52-27-11-4-12-28-52/h1-46,71-72H. The molecule has 15 aromatic rings. The second-order valence-corrected chi connectivity index (χ2v) is 21.6. The Kier molecular flexibility index (Phi) is 10.3. The molecular weight excluding hydrogens is 997 g/mol. The fourth-order valence-corrected chi connectivity index (χ4v) is 13.6. The highest BCUT2D eigenvalue weighted by Crippen LogP contribution is 2.57. The Labute approximate surface area is 473 Å². The van der Waals surface area contributed by atoms with Crippen molar-refractivity contribution < 1.29 is 0 Å². The first-order valence-electron chi connectivity index (χ1n) is 28.1. The van der Waals surface area contributed by atoms with E-state index in [1.807, 2.05) is 12.1 Å². The lowest BCUT2D eigenvalue weighted by molar-refractivity contribution is 0.755. The summed E-state index contributed by atoms with van der Waals surface area (Å²) in [5.41, 5.74) is 24.5. The van der Waals surface area contributed by atoms with Gasteiger partial charge in [-0.1, -0.05) is 206 Å². The average molecular weight is 1050 g/mol. The Bertz CT molecular complexity index is 4720. The zero-order valence-electron chi connectivity index (χ0n) is 44.4. The van der Waals surface area contributed by atoms with E-state index in [1.54, 1.807) is 0 Å². The van der Waals surface area contributed by atoms with Crippen LogP contribution in [0, 0.1) is 0 Å². The summed E-state index contributed by atoms with van der Waals surface area (Å²) in [5.74, 6) is 1.43. The highest BCUT2D eigenvalue weighted by Gasteiger charge is 2.41. The summed E-state index contributed by atoms with van der Waals surface area (Å²) in [6, 6.07) is 100. The number of rotatable bonds is 8. The van der Waals surface area contributed by atoms with Gasteiger partial charge in [-0.2, -0.15) is 0 Å². The van der Waals surface area contributed by atoms with Crippen molar-refractivity contribution in [3.63, 3.8) is 0 Å². The van der Waals surface area contributed by atoms with Gasteiger partial charge >= 0.3 is 0 Å². The molecule has 2 atom stereocenters. The number of hydrogen-bond acceptors (Lipinski definition) is 4. The molecule has 0 N–H and O–H groups in total. The van der Waals surface area contributed by atoms with Crippen LogP contribution in [0.5, 0.6) is 0 Å². The first kappa shape index (κ1) is 46.1. The van der Waals surface area contributed by atoms with Crippen LogP contribution in [0.3, 0.4) is 0 Å². The fourth-order valence-electron chi connectivity index (χ4n) is 13.6. The molecule has 4 heterocycles. The molecule has 6 heteroatoms. The first-order chi connectivity index (χ1) is 40.7. The average Bonchev–Trinajstić information content (AvgIpc) is 1.66. The molecule has 11 aromatic carbocycles. The van der Waals surface area contributed by atoms with Gasteiger partial charge in [0.15, 0.2) is 11.6 Å². The molecule has 82 heavy (non-hydrogen) atoms. The molecule has 6 nitrogen and oxygen atoms in total. The lowest BCUT2D eigenvalue weighted by Gasteiger charge is -2.42. The molecule has 0 aliphatic heterocycles. The second kappa shape index (κ2) is 18.4. The van der Waals surface area contributed by atoms with E-state index >= 15 is 0 Å². The molecule has 0 fully saturated rings.